The van der Waals surface area contributed by atoms with Gasteiger partial charge in [0.15, 0.2) is 0 Å². The van der Waals surface area contributed by atoms with Crippen LogP contribution < -0.4 is 4.74 Å². The van der Waals surface area contributed by atoms with Gasteiger partial charge in [0.25, 0.3) is 5.91 Å². The summed E-state index contributed by atoms with van der Waals surface area (Å²) in [7, 11) is 0. The maximum atomic E-state index is 12.8. The molecule has 1 amide bonds. The average Bonchev–Trinajstić information content (AvgIpc) is 3.06. The van der Waals surface area contributed by atoms with E-state index in [9.17, 15) is 4.79 Å². The number of aromatic nitrogens is 1. The summed E-state index contributed by atoms with van der Waals surface area (Å²) in [5.41, 5.74) is 0. The molecule has 1 aliphatic rings. The lowest BCUT2D eigenvalue weighted by molar-refractivity contribution is 0.0542. The molecule has 1 fully saturated rings. The minimum Gasteiger partial charge on any atom is -0.488 e. The van der Waals surface area contributed by atoms with Crippen molar-refractivity contribution in [2.45, 2.75) is 18.9 Å². The van der Waals surface area contributed by atoms with Crippen LogP contribution in [0, 0.1) is 0 Å². The maximum Gasteiger partial charge on any atom is 0.264 e. The van der Waals surface area contributed by atoms with Crippen molar-refractivity contribution >= 4 is 27.3 Å². The fourth-order valence-corrected chi connectivity index (χ4v) is 4.10. The number of nitrogens with zero attached hydrogens (tertiary/aromatic N) is 2. The van der Waals surface area contributed by atoms with Crippen molar-refractivity contribution in [2.24, 2.45) is 0 Å². The Morgan fingerprint density at radius 3 is 2.88 bits per heavy atom. The SMILES string of the molecule is O=C(c1cc2ccccc2s1)N1CCCC(Oc2ccncc2)C1. The third kappa shape index (κ3) is 3.12. The number of piperidine rings is 1. The summed E-state index contributed by atoms with van der Waals surface area (Å²) in [6, 6.07) is 13.8. The molecule has 1 aliphatic heterocycles. The number of fused-ring (bicyclic) bond motifs is 1. The smallest absolute Gasteiger partial charge is 0.264 e. The van der Waals surface area contributed by atoms with Crippen molar-refractivity contribution in [3.05, 3.63) is 59.7 Å². The van der Waals surface area contributed by atoms with Gasteiger partial charge in [-0.05, 0) is 42.5 Å². The number of carbonyl (C=O) groups excluding carboxylic acids is 1. The van der Waals surface area contributed by atoms with Gasteiger partial charge in [0.05, 0.1) is 11.4 Å². The predicted molar refractivity (Wildman–Crippen MR) is 95.6 cm³/mol. The fourth-order valence-electron chi connectivity index (χ4n) is 3.07. The third-order valence-electron chi connectivity index (χ3n) is 4.25. The van der Waals surface area contributed by atoms with E-state index in [0.29, 0.717) is 6.54 Å². The van der Waals surface area contributed by atoms with Crippen molar-refractivity contribution < 1.29 is 9.53 Å². The molecular formula is C19H18N2O2S. The molecule has 1 atom stereocenters. The molecule has 4 nitrogen and oxygen atoms in total. The van der Waals surface area contributed by atoms with Crippen LogP contribution in [-0.4, -0.2) is 35.0 Å². The number of ether oxygens (including phenoxy) is 1. The van der Waals surface area contributed by atoms with Gasteiger partial charge in [0.2, 0.25) is 0 Å². The van der Waals surface area contributed by atoms with Crippen LogP contribution >= 0.6 is 11.3 Å². The zero-order valence-electron chi connectivity index (χ0n) is 13.2. The van der Waals surface area contributed by atoms with Crippen molar-refractivity contribution in [3.8, 4) is 5.75 Å². The number of amides is 1. The zero-order chi connectivity index (χ0) is 16.4. The highest BCUT2D eigenvalue weighted by Gasteiger charge is 2.26. The Kier molecular flexibility index (Phi) is 4.17. The van der Waals surface area contributed by atoms with E-state index in [2.05, 4.69) is 11.1 Å². The Morgan fingerprint density at radius 2 is 2.04 bits per heavy atom. The Morgan fingerprint density at radius 1 is 1.21 bits per heavy atom. The Balaban J connectivity index is 1.48. The van der Waals surface area contributed by atoms with Crippen LogP contribution in [-0.2, 0) is 0 Å². The van der Waals surface area contributed by atoms with Crippen LogP contribution in [0.25, 0.3) is 10.1 Å². The van der Waals surface area contributed by atoms with Gasteiger partial charge in [0, 0.05) is 23.6 Å². The maximum absolute atomic E-state index is 12.8. The van der Waals surface area contributed by atoms with Crippen LogP contribution in [0.3, 0.4) is 0 Å². The molecule has 122 valence electrons. The van der Waals surface area contributed by atoms with Crippen LogP contribution in [0.2, 0.25) is 0 Å². The molecule has 5 heteroatoms. The number of pyridine rings is 1. The Hall–Kier alpha value is -2.40. The Labute approximate surface area is 144 Å². The van der Waals surface area contributed by atoms with E-state index in [1.807, 2.05) is 41.3 Å². The summed E-state index contributed by atoms with van der Waals surface area (Å²) in [4.78, 5) is 19.6. The van der Waals surface area contributed by atoms with Gasteiger partial charge in [0.1, 0.15) is 11.9 Å². The summed E-state index contributed by atoms with van der Waals surface area (Å²) in [5.74, 6) is 0.922. The van der Waals surface area contributed by atoms with Gasteiger partial charge in [-0.1, -0.05) is 18.2 Å². The fraction of sp³-hybridized carbons (Fsp3) is 0.263. The zero-order valence-corrected chi connectivity index (χ0v) is 14.0. The monoisotopic (exact) mass is 338 g/mol. The normalized spacial score (nSPS) is 17.8. The first-order chi connectivity index (χ1) is 11.8. The lowest BCUT2D eigenvalue weighted by atomic mass is 10.1. The van der Waals surface area contributed by atoms with E-state index >= 15 is 0 Å². The summed E-state index contributed by atoms with van der Waals surface area (Å²) in [5, 5.41) is 1.13. The molecule has 24 heavy (non-hydrogen) atoms. The van der Waals surface area contributed by atoms with Gasteiger partial charge >= 0.3 is 0 Å². The highest BCUT2D eigenvalue weighted by Crippen LogP contribution is 2.27. The number of benzene rings is 1. The first-order valence-corrected chi connectivity index (χ1v) is 8.96. The molecule has 1 unspecified atom stereocenters. The molecule has 0 radical (unpaired) electrons. The lowest BCUT2D eigenvalue weighted by Crippen LogP contribution is -2.44. The number of hydrogen-bond acceptors (Lipinski definition) is 4. The van der Waals surface area contributed by atoms with Crippen LogP contribution in [0.15, 0.2) is 54.9 Å². The summed E-state index contributed by atoms with van der Waals surface area (Å²) in [6.07, 6.45) is 5.42. The summed E-state index contributed by atoms with van der Waals surface area (Å²) >= 11 is 1.56. The van der Waals surface area contributed by atoms with Crippen molar-refractivity contribution in [2.75, 3.05) is 13.1 Å². The molecule has 2 aromatic heterocycles. The van der Waals surface area contributed by atoms with Crippen molar-refractivity contribution in [3.63, 3.8) is 0 Å². The molecular weight excluding hydrogens is 320 g/mol. The molecule has 3 aromatic rings. The van der Waals surface area contributed by atoms with Crippen LogP contribution in [0.1, 0.15) is 22.5 Å². The van der Waals surface area contributed by atoms with Gasteiger partial charge in [-0.25, -0.2) is 0 Å². The third-order valence-corrected chi connectivity index (χ3v) is 5.36. The van der Waals surface area contributed by atoms with Gasteiger partial charge in [-0.2, -0.15) is 0 Å². The van der Waals surface area contributed by atoms with Crippen molar-refractivity contribution in [1.82, 2.24) is 9.88 Å². The summed E-state index contributed by atoms with van der Waals surface area (Å²) in [6.45, 7) is 1.43. The number of thiophene rings is 1. The minimum atomic E-state index is 0.0412. The van der Waals surface area contributed by atoms with Crippen LogP contribution in [0.5, 0.6) is 5.75 Å². The van der Waals surface area contributed by atoms with E-state index in [4.69, 9.17) is 4.74 Å². The van der Waals surface area contributed by atoms with Crippen LogP contribution in [0.4, 0.5) is 0 Å². The Bertz CT molecular complexity index is 814. The number of carbonyl (C=O) groups is 1. The predicted octanol–water partition coefficient (Wildman–Crippen LogP) is 3.98. The molecule has 3 heterocycles. The highest BCUT2D eigenvalue weighted by atomic mass is 32.1. The molecule has 1 aromatic carbocycles. The lowest BCUT2D eigenvalue weighted by Gasteiger charge is -2.32. The molecule has 4 rings (SSSR count). The standard InChI is InChI=1S/C19H18N2O2S/c22-19(18-12-14-4-1-2-6-17(14)24-18)21-11-3-5-16(13-21)23-15-7-9-20-10-8-15/h1-2,4,6-10,12,16H,3,5,11,13H2. The van der Waals surface area contributed by atoms with E-state index in [1.54, 1.807) is 23.7 Å². The van der Waals surface area contributed by atoms with E-state index in [-0.39, 0.29) is 12.0 Å². The largest absolute Gasteiger partial charge is 0.488 e. The number of likely N-dealkylation sites (tertiary alicyclic amines) is 1. The second kappa shape index (κ2) is 6.61. The van der Waals surface area contributed by atoms with E-state index < -0.39 is 0 Å². The molecule has 0 saturated carbocycles. The molecule has 0 N–H and O–H groups in total. The second-order valence-electron chi connectivity index (χ2n) is 5.96. The average molecular weight is 338 g/mol. The minimum absolute atomic E-state index is 0.0412. The van der Waals surface area contributed by atoms with E-state index in [1.165, 1.54) is 0 Å². The van der Waals surface area contributed by atoms with E-state index in [0.717, 1.165) is 40.1 Å². The molecule has 0 aliphatic carbocycles. The number of rotatable bonds is 3. The molecule has 1 saturated heterocycles. The molecule has 0 spiro atoms. The van der Waals surface area contributed by atoms with Gasteiger partial charge in [-0.15, -0.1) is 11.3 Å². The number of hydrogen-bond donors (Lipinski definition) is 0. The van der Waals surface area contributed by atoms with Gasteiger partial charge < -0.3 is 9.64 Å². The first-order valence-electron chi connectivity index (χ1n) is 8.14. The molecule has 0 bridgehead atoms. The summed E-state index contributed by atoms with van der Waals surface area (Å²) < 4.78 is 7.16. The first kappa shape index (κ1) is 15.1. The topological polar surface area (TPSA) is 42.4 Å². The van der Waals surface area contributed by atoms with Crippen molar-refractivity contribution in [1.29, 1.82) is 0 Å². The second-order valence-corrected chi connectivity index (χ2v) is 7.05. The quantitative estimate of drug-likeness (QED) is 0.725. The highest BCUT2D eigenvalue weighted by molar-refractivity contribution is 7.20. The van der Waals surface area contributed by atoms with Gasteiger partial charge in [-0.3, -0.25) is 9.78 Å².